The summed E-state index contributed by atoms with van der Waals surface area (Å²) in [5, 5.41) is 0. The number of hydrogen-bond acceptors (Lipinski definition) is 4. The number of oxazole rings is 1. The zero-order valence-electron chi connectivity index (χ0n) is 16.4. The summed E-state index contributed by atoms with van der Waals surface area (Å²) in [6, 6.07) is 18.3. The van der Waals surface area contributed by atoms with Crippen molar-refractivity contribution in [2.45, 2.75) is 33.2 Å². The molecule has 0 fully saturated rings. The van der Waals surface area contributed by atoms with Crippen molar-refractivity contribution in [1.82, 2.24) is 9.88 Å². The minimum Gasteiger partial charge on any atom is -0.493 e. The zero-order chi connectivity index (χ0) is 19.1. The van der Waals surface area contributed by atoms with Gasteiger partial charge in [-0.3, -0.25) is 0 Å². The van der Waals surface area contributed by atoms with Gasteiger partial charge in [0.25, 0.3) is 0 Å². The monoisotopic (exact) mass is 364 g/mol. The Labute approximate surface area is 161 Å². The second kappa shape index (κ2) is 9.38. The highest BCUT2D eigenvalue weighted by Gasteiger charge is 2.11. The SMILES string of the molecule is CCCN(C)Cc1ccc(OCCc2nc(-c3ccccc3)oc2C)cc1. The number of nitrogens with zero attached hydrogens (tertiary/aromatic N) is 2. The summed E-state index contributed by atoms with van der Waals surface area (Å²) in [6.07, 6.45) is 1.90. The molecular formula is C23H28N2O2. The van der Waals surface area contributed by atoms with Crippen LogP contribution in [0.2, 0.25) is 0 Å². The molecule has 1 aromatic heterocycles. The molecule has 0 amide bonds. The van der Waals surface area contributed by atoms with Crippen molar-refractivity contribution in [3.05, 3.63) is 71.6 Å². The fourth-order valence-corrected chi connectivity index (χ4v) is 3.09. The first kappa shape index (κ1) is 19.2. The summed E-state index contributed by atoms with van der Waals surface area (Å²) in [5.41, 5.74) is 3.25. The molecule has 0 atom stereocenters. The van der Waals surface area contributed by atoms with Crippen molar-refractivity contribution < 1.29 is 9.15 Å². The van der Waals surface area contributed by atoms with Crippen LogP contribution < -0.4 is 4.74 Å². The first-order valence-corrected chi connectivity index (χ1v) is 9.57. The van der Waals surface area contributed by atoms with Gasteiger partial charge in [-0.05, 0) is 56.8 Å². The molecule has 0 bridgehead atoms. The molecule has 0 radical (unpaired) electrons. The molecule has 142 valence electrons. The Bertz CT molecular complexity index is 825. The number of aromatic nitrogens is 1. The lowest BCUT2D eigenvalue weighted by atomic mass is 10.2. The number of hydrogen-bond donors (Lipinski definition) is 0. The Hall–Kier alpha value is -2.59. The summed E-state index contributed by atoms with van der Waals surface area (Å²) in [5.74, 6) is 2.41. The number of ether oxygens (including phenoxy) is 1. The van der Waals surface area contributed by atoms with Gasteiger partial charge in [0.1, 0.15) is 11.5 Å². The molecule has 0 saturated heterocycles. The molecule has 0 saturated carbocycles. The Morgan fingerprint density at radius 2 is 1.78 bits per heavy atom. The van der Waals surface area contributed by atoms with E-state index in [-0.39, 0.29) is 0 Å². The van der Waals surface area contributed by atoms with E-state index >= 15 is 0 Å². The Morgan fingerprint density at radius 3 is 2.48 bits per heavy atom. The highest BCUT2D eigenvalue weighted by Crippen LogP contribution is 2.22. The van der Waals surface area contributed by atoms with E-state index in [0.717, 1.165) is 42.3 Å². The van der Waals surface area contributed by atoms with E-state index in [0.29, 0.717) is 12.5 Å². The molecule has 3 rings (SSSR count). The second-order valence-corrected chi connectivity index (χ2v) is 6.87. The minimum atomic E-state index is 0.580. The van der Waals surface area contributed by atoms with Gasteiger partial charge in [0, 0.05) is 18.5 Å². The van der Waals surface area contributed by atoms with E-state index in [4.69, 9.17) is 9.15 Å². The van der Waals surface area contributed by atoms with Gasteiger partial charge in [-0.2, -0.15) is 0 Å². The highest BCUT2D eigenvalue weighted by atomic mass is 16.5. The highest BCUT2D eigenvalue weighted by molar-refractivity contribution is 5.53. The lowest BCUT2D eigenvalue weighted by Gasteiger charge is -2.15. The van der Waals surface area contributed by atoms with Crippen molar-refractivity contribution in [1.29, 1.82) is 0 Å². The van der Waals surface area contributed by atoms with Crippen LogP contribution in [0.5, 0.6) is 5.75 Å². The van der Waals surface area contributed by atoms with E-state index in [1.807, 2.05) is 49.4 Å². The summed E-state index contributed by atoms with van der Waals surface area (Å²) in [4.78, 5) is 6.95. The van der Waals surface area contributed by atoms with Crippen LogP contribution in [0.15, 0.2) is 59.0 Å². The summed E-state index contributed by atoms with van der Waals surface area (Å²) >= 11 is 0. The predicted octanol–water partition coefficient (Wildman–Crippen LogP) is 5.11. The third-order valence-corrected chi connectivity index (χ3v) is 4.50. The topological polar surface area (TPSA) is 38.5 Å². The maximum atomic E-state index is 5.89. The third kappa shape index (κ3) is 5.44. The van der Waals surface area contributed by atoms with Crippen molar-refractivity contribution in [2.75, 3.05) is 20.2 Å². The molecular weight excluding hydrogens is 336 g/mol. The van der Waals surface area contributed by atoms with Gasteiger partial charge in [-0.15, -0.1) is 0 Å². The first-order chi connectivity index (χ1) is 13.2. The van der Waals surface area contributed by atoms with E-state index < -0.39 is 0 Å². The normalized spacial score (nSPS) is 11.1. The summed E-state index contributed by atoms with van der Waals surface area (Å²) in [7, 11) is 2.15. The van der Waals surface area contributed by atoms with Crippen LogP contribution in [-0.2, 0) is 13.0 Å². The molecule has 0 spiro atoms. The second-order valence-electron chi connectivity index (χ2n) is 6.87. The molecule has 3 aromatic rings. The maximum absolute atomic E-state index is 5.89. The quantitative estimate of drug-likeness (QED) is 0.529. The van der Waals surface area contributed by atoms with Crippen LogP contribution in [-0.4, -0.2) is 30.1 Å². The lowest BCUT2D eigenvalue weighted by Crippen LogP contribution is -2.18. The zero-order valence-corrected chi connectivity index (χ0v) is 16.4. The molecule has 0 aliphatic heterocycles. The average molecular weight is 364 g/mol. The molecule has 27 heavy (non-hydrogen) atoms. The molecule has 0 aliphatic carbocycles. The lowest BCUT2D eigenvalue weighted by molar-refractivity contribution is 0.317. The van der Waals surface area contributed by atoms with Crippen LogP contribution in [0.3, 0.4) is 0 Å². The van der Waals surface area contributed by atoms with Gasteiger partial charge in [-0.25, -0.2) is 4.98 Å². The smallest absolute Gasteiger partial charge is 0.226 e. The first-order valence-electron chi connectivity index (χ1n) is 9.57. The molecule has 4 heteroatoms. The van der Waals surface area contributed by atoms with E-state index in [1.54, 1.807) is 0 Å². The Kier molecular flexibility index (Phi) is 6.66. The standard InChI is InChI=1S/C23H28N2O2/c1-4-15-25(3)17-19-10-12-21(13-11-19)26-16-14-22-18(2)27-23(24-22)20-8-6-5-7-9-20/h5-13H,4,14-17H2,1-3H3. The molecule has 0 unspecified atom stereocenters. The average Bonchev–Trinajstić information content (AvgIpc) is 3.05. The number of rotatable bonds is 9. The van der Waals surface area contributed by atoms with Crippen LogP contribution >= 0.6 is 0 Å². The summed E-state index contributed by atoms with van der Waals surface area (Å²) < 4.78 is 11.7. The largest absolute Gasteiger partial charge is 0.493 e. The molecule has 1 heterocycles. The van der Waals surface area contributed by atoms with Gasteiger partial charge >= 0.3 is 0 Å². The Morgan fingerprint density at radius 1 is 1.04 bits per heavy atom. The fraction of sp³-hybridized carbons (Fsp3) is 0.348. The minimum absolute atomic E-state index is 0.580. The third-order valence-electron chi connectivity index (χ3n) is 4.50. The Balaban J connectivity index is 1.52. The molecule has 4 nitrogen and oxygen atoms in total. The van der Waals surface area contributed by atoms with Gasteiger partial charge in [0.15, 0.2) is 0 Å². The number of aryl methyl sites for hydroxylation is 1. The van der Waals surface area contributed by atoms with Crippen molar-refractivity contribution >= 4 is 0 Å². The van der Waals surface area contributed by atoms with Gasteiger partial charge in [0.05, 0.1) is 12.3 Å². The predicted molar refractivity (Wildman–Crippen MR) is 109 cm³/mol. The van der Waals surface area contributed by atoms with Gasteiger partial charge in [0.2, 0.25) is 5.89 Å². The van der Waals surface area contributed by atoms with Crippen LogP contribution in [0.25, 0.3) is 11.5 Å². The van der Waals surface area contributed by atoms with Crippen LogP contribution in [0.1, 0.15) is 30.4 Å². The number of benzene rings is 2. The van der Waals surface area contributed by atoms with E-state index in [1.165, 1.54) is 12.0 Å². The van der Waals surface area contributed by atoms with Gasteiger partial charge < -0.3 is 14.1 Å². The van der Waals surface area contributed by atoms with Crippen molar-refractivity contribution in [2.24, 2.45) is 0 Å². The van der Waals surface area contributed by atoms with Crippen LogP contribution in [0, 0.1) is 6.92 Å². The van der Waals surface area contributed by atoms with Crippen molar-refractivity contribution in [3.8, 4) is 17.2 Å². The molecule has 2 aromatic carbocycles. The van der Waals surface area contributed by atoms with Crippen molar-refractivity contribution in [3.63, 3.8) is 0 Å². The van der Waals surface area contributed by atoms with Crippen LogP contribution in [0.4, 0.5) is 0 Å². The molecule has 0 aliphatic rings. The van der Waals surface area contributed by atoms with E-state index in [2.05, 4.69) is 36.0 Å². The molecule has 0 N–H and O–H groups in total. The summed E-state index contributed by atoms with van der Waals surface area (Å²) in [6.45, 7) is 6.81. The van der Waals surface area contributed by atoms with E-state index in [9.17, 15) is 0 Å². The van der Waals surface area contributed by atoms with Gasteiger partial charge in [-0.1, -0.05) is 37.3 Å². The fourth-order valence-electron chi connectivity index (χ4n) is 3.09. The maximum Gasteiger partial charge on any atom is 0.226 e.